The lowest BCUT2D eigenvalue weighted by molar-refractivity contribution is 0.667. The van der Waals surface area contributed by atoms with E-state index in [0.29, 0.717) is 0 Å². The lowest BCUT2D eigenvalue weighted by Crippen LogP contribution is -2.16. The predicted molar refractivity (Wildman–Crippen MR) is 239 cm³/mol. The summed E-state index contributed by atoms with van der Waals surface area (Å²) in [5.74, 6) is 0. The lowest BCUT2D eigenvalue weighted by atomic mass is 9.77. The summed E-state index contributed by atoms with van der Waals surface area (Å²) in [6.45, 7) is 18.7. The molecule has 0 atom stereocenters. The normalized spacial score (nSPS) is 14.6. The molecular weight excluding hydrogens is 673 g/mol. The fraction of sp³-hybridized carbons (Fsp3) is 0.179. The average Bonchev–Trinajstić information content (AvgIpc) is 3.53. The van der Waals surface area contributed by atoms with Crippen molar-refractivity contribution in [3.8, 4) is 44.5 Å². The van der Waals surface area contributed by atoms with Gasteiger partial charge in [0, 0.05) is 16.2 Å². The van der Waals surface area contributed by atoms with Crippen LogP contribution in [0.2, 0.25) is 0 Å². The van der Waals surface area contributed by atoms with E-state index in [1.54, 1.807) is 0 Å². The summed E-state index contributed by atoms with van der Waals surface area (Å²) in [6.07, 6.45) is 0. The van der Waals surface area contributed by atoms with Crippen LogP contribution in [0.3, 0.4) is 0 Å². The molecule has 9 aromatic carbocycles. The molecule has 268 valence electrons. The van der Waals surface area contributed by atoms with Gasteiger partial charge in [-0.3, -0.25) is 0 Å². The zero-order chi connectivity index (χ0) is 38.4. The molecule has 9 aromatic rings. The maximum atomic E-state index is 3.40. The van der Waals surface area contributed by atoms with Crippen molar-refractivity contribution in [2.75, 3.05) is 0 Å². The van der Waals surface area contributed by atoms with Crippen molar-refractivity contribution in [1.29, 1.82) is 0 Å². The van der Waals surface area contributed by atoms with Gasteiger partial charge in [-0.25, -0.2) is 0 Å². The second kappa shape index (κ2) is 11.2. The first-order chi connectivity index (χ1) is 26.9. The highest BCUT2D eigenvalue weighted by atomic mass is 14.4. The maximum absolute atomic E-state index is 3.40. The Kier molecular flexibility index (Phi) is 6.65. The molecule has 0 unspecified atom stereocenters. The molecule has 0 nitrogen and oxygen atoms in total. The Morgan fingerprint density at radius 2 is 0.893 bits per heavy atom. The van der Waals surface area contributed by atoms with Crippen LogP contribution in [-0.2, 0) is 10.8 Å². The van der Waals surface area contributed by atoms with Gasteiger partial charge in [-0.15, -0.1) is 0 Å². The van der Waals surface area contributed by atoms with Crippen LogP contribution in [-0.4, -0.2) is 0 Å². The van der Waals surface area contributed by atoms with E-state index in [-0.39, 0.29) is 10.8 Å². The number of fused-ring (bicyclic) bond motifs is 12. The summed E-state index contributed by atoms with van der Waals surface area (Å²) in [4.78, 5) is 0. The standard InChI is InChI=1S/C56H44/c1-31-21-32(2)24-37(23-31)51-45-27-43-41-19-17-35-13-9-11-15-39(35)53(41)55(5,6)49(43)29-47(45)52(38-25-33(3)22-34(4)26-38)48-30-50-44(28-46(48)51)42-20-18-36-14-10-12-16-40(36)54(42)56(50,7)8/h9,11-13,15-30H,1-8H3. The predicted octanol–water partition coefficient (Wildman–Crippen LogP) is 15.1. The van der Waals surface area contributed by atoms with E-state index < -0.39 is 0 Å². The van der Waals surface area contributed by atoms with Crippen molar-refractivity contribution in [2.45, 2.75) is 66.2 Å². The summed E-state index contributed by atoms with van der Waals surface area (Å²) >= 11 is 0. The van der Waals surface area contributed by atoms with Crippen molar-refractivity contribution < 1.29 is 0 Å². The SMILES string of the molecule is Cc1cc(C)cc(-c2c3cc4c(cc3c(-c3cc(C)cc(C)c3)c3cc5c(cc23)-c2ccc3ccccc3c2C5(C)C)C(C)(C)c2c-4ccc3c#cccc23)c1. The summed E-state index contributed by atoms with van der Waals surface area (Å²) in [5.41, 5.74) is 21.0. The van der Waals surface area contributed by atoms with Crippen LogP contribution in [0.25, 0.3) is 87.6 Å². The van der Waals surface area contributed by atoms with Crippen LogP contribution >= 0.6 is 0 Å². The third-order valence-electron chi connectivity index (χ3n) is 13.3. The Morgan fingerprint density at radius 3 is 1.45 bits per heavy atom. The first kappa shape index (κ1) is 33.2. The van der Waals surface area contributed by atoms with E-state index in [4.69, 9.17) is 0 Å². The Morgan fingerprint density at radius 1 is 0.411 bits per heavy atom. The van der Waals surface area contributed by atoms with Crippen molar-refractivity contribution >= 4 is 43.1 Å². The minimum atomic E-state index is -0.203. The Labute approximate surface area is 330 Å². The molecule has 0 spiro atoms. The van der Waals surface area contributed by atoms with Gasteiger partial charge in [0.05, 0.1) is 0 Å². The fourth-order valence-corrected chi connectivity index (χ4v) is 11.1. The minimum absolute atomic E-state index is 0.175. The third-order valence-corrected chi connectivity index (χ3v) is 13.3. The summed E-state index contributed by atoms with van der Waals surface area (Å²) < 4.78 is 0. The highest BCUT2D eigenvalue weighted by molar-refractivity contribution is 6.24. The van der Waals surface area contributed by atoms with Crippen molar-refractivity contribution in [1.82, 2.24) is 0 Å². The van der Waals surface area contributed by atoms with E-state index in [2.05, 4.69) is 183 Å². The van der Waals surface area contributed by atoms with Gasteiger partial charge in [0.25, 0.3) is 0 Å². The van der Waals surface area contributed by atoms with Gasteiger partial charge in [0.15, 0.2) is 0 Å². The van der Waals surface area contributed by atoms with Gasteiger partial charge in [0.2, 0.25) is 0 Å². The molecule has 0 N–H and O–H groups in total. The Bertz CT molecular complexity index is 3010. The van der Waals surface area contributed by atoms with E-state index >= 15 is 0 Å². The average molecular weight is 717 g/mol. The van der Waals surface area contributed by atoms with Gasteiger partial charge < -0.3 is 0 Å². The van der Waals surface area contributed by atoms with E-state index in [1.165, 1.54) is 127 Å². The highest BCUT2D eigenvalue weighted by Crippen LogP contribution is 2.58. The zero-order valence-corrected chi connectivity index (χ0v) is 33.5. The van der Waals surface area contributed by atoms with Crippen molar-refractivity contribution in [3.63, 3.8) is 0 Å². The lowest BCUT2D eigenvalue weighted by Gasteiger charge is -2.26. The fourth-order valence-electron chi connectivity index (χ4n) is 11.1. The molecule has 0 aliphatic heterocycles. The second-order valence-corrected chi connectivity index (χ2v) is 17.9. The van der Waals surface area contributed by atoms with Crippen LogP contribution in [0, 0.1) is 39.8 Å². The molecule has 0 radical (unpaired) electrons. The smallest absolute Gasteiger partial charge is 0.0325 e. The summed E-state index contributed by atoms with van der Waals surface area (Å²) in [5, 5.41) is 10.3. The maximum Gasteiger partial charge on any atom is 0.0325 e. The largest absolute Gasteiger partial charge is 0.0696 e. The van der Waals surface area contributed by atoms with E-state index in [1.807, 2.05) is 6.07 Å². The van der Waals surface area contributed by atoms with E-state index in [0.717, 1.165) is 5.39 Å². The van der Waals surface area contributed by atoms with Gasteiger partial charge in [-0.05, 0) is 175 Å². The highest BCUT2D eigenvalue weighted by Gasteiger charge is 2.40. The topological polar surface area (TPSA) is 0 Å². The number of benzene rings is 8. The second-order valence-electron chi connectivity index (χ2n) is 17.9. The molecular formula is C56H44. The summed E-state index contributed by atoms with van der Waals surface area (Å²) in [6, 6.07) is 53.6. The quantitative estimate of drug-likeness (QED) is 0.156. The number of rotatable bonds is 2. The molecule has 0 saturated carbocycles. The molecule has 0 amide bonds. The first-order valence-corrected chi connectivity index (χ1v) is 20.1. The van der Waals surface area contributed by atoms with Gasteiger partial charge in [0.1, 0.15) is 0 Å². The van der Waals surface area contributed by atoms with Crippen molar-refractivity contribution in [3.05, 3.63) is 178 Å². The molecule has 0 heteroatoms. The Hall–Kier alpha value is -6.16. The molecule has 2 aliphatic rings. The molecule has 0 bridgehead atoms. The molecule has 11 rings (SSSR count). The molecule has 0 fully saturated rings. The molecule has 0 saturated heterocycles. The number of hydrogen-bond donors (Lipinski definition) is 0. The van der Waals surface area contributed by atoms with E-state index in [9.17, 15) is 0 Å². The Balaban J connectivity index is 1.36. The van der Waals surface area contributed by atoms with Gasteiger partial charge in [-0.1, -0.05) is 141 Å². The third kappa shape index (κ3) is 4.43. The first-order valence-electron chi connectivity index (χ1n) is 20.1. The molecule has 0 heterocycles. The van der Waals surface area contributed by atoms with Crippen molar-refractivity contribution in [2.24, 2.45) is 0 Å². The molecule has 0 aromatic heterocycles. The van der Waals surface area contributed by atoms with Crippen LogP contribution in [0.1, 0.15) is 72.2 Å². The van der Waals surface area contributed by atoms with Crippen LogP contribution in [0.15, 0.2) is 121 Å². The molecule has 56 heavy (non-hydrogen) atoms. The monoisotopic (exact) mass is 716 g/mol. The van der Waals surface area contributed by atoms with Gasteiger partial charge in [-0.2, -0.15) is 0 Å². The summed E-state index contributed by atoms with van der Waals surface area (Å²) in [7, 11) is 0. The minimum Gasteiger partial charge on any atom is -0.0696 e. The van der Waals surface area contributed by atoms with Gasteiger partial charge >= 0.3 is 0 Å². The van der Waals surface area contributed by atoms with Crippen LogP contribution in [0.4, 0.5) is 0 Å². The molecule has 2 aliphatic carbocycles. The number of aryl methyl sites for hydroxylation is 4. The van der Waals surface area contributed by atoms with Crippen LogP contribution in [0.5, 0.6) is 0 Å². The number of hydrogen-bond acceptors (Lipinski definition) is 0. The van der Waals surface area contributed by atoms with Crippen LogP contribution < -0.4 is 0 Å². The zero-order valence-electron chi connectivity index (χ0n) is 33.5.